The second-order valence-electron chi connectivity index (χ2n) is 39.6. The fourth-order valence-corrected chi connectivity index (χ4v) is 20.4. The lowest BCUT2D eigenvalue weighted by molar-refractivity contribution is -0.849. The summed E-state index contributed by atoms with van der Waals surface area (Å²) in [6.45, 7) is 0.311. The van der Waals surface area contributed by atoms with Gasteiger partial charge in [0.1, 0.15) is 63.0 Å². The number of urea groups is 8. The molecule has 0 spiro atoms. The number of rotatable bonds is 20. The number of fused-ring (bicyclic) bond motifs is 4. The van der Waals surface area contributed by atoms with Gasteiger partial charge in [0, 0.05) is 66.8 Å². The van der Waals surface area contributed by atoms with Gasteiger partial charge in [0.05, 0.1) is 206 Å². The molecule has 0 saturated carbocycles. The third kappa shape index (κ3) is 16.9. The van der Waals surface area contributed by atoms with E-state index >= 15 is 38.4 Å². The lowest BCUT2D eigenvalue weighted by Crippen LogP contribution is -2.69. The summed E-state index contributed by atoms with van der Waals surface area (Å²) < 4.78 is 171. The van der Waals surface area contributed by atoms with Gasteiger partial charge in [-0.2, -0.15) is 0 Å². The summed E-state index contributed by atoms with van der Waals surface area (Å²) in [5.74, 6) is -2.58. The molecule has 126 heavy (non-hydrogen) atoms. The number of ether oxygens (including phenoxy) is 4. The van der Waals surface area contributed by atoms with Gasteiger partial charge in [0.25, 0.3) is 0 Å². The van der Waals surface area contributed by atoms with Crippen molar-refractivity contribution in [1.29, 1.82) is 0 Å². The van der Waals surface area contributed by atoms with Gasteiger partial charge in [0.2, 0.25) is 0 Å². The molecule has 4 aromatic carbocycles. The van der Waals surface area contributed by atoms with Crippen LogP contribution in [0, 0.1) is 0 Å². The van der Waals surface area contributed by atoms with Crippen molar-refractivity contribution in [3.63, 3.8) is 0 Å². The number of hydrogen-bond acceptors (Lipinski definition) is 24. The van der Waals surface area contributed by atoms with Crippen LogP contribution in [0.3, 0.4) is 0 Å². The maximum Gasteiger partial charge on any atom is 0.326 e. The van der Waals surface area contributed by atoms with Gasteiger partial charge in [-0.15, -0.1) is 0 Å². The van der Waals surface area contributed by atoms with Crippen LogP contribution < -0.4 is 18.9 Å². The minimum atomic E-state index is -4.69. The van der Waals surface area contributed by atoms with Gasteiger partial charge in [-0.1, -0.05) is 48.5 Å². The van der Waals surface area contributed by atoms with E-state index in [1.165, 1.54) is 78.4 Å². The molecule has 0 aliphatic carbocycles. The first-order valence-corrected chi connectivity index (χ1v) is 47.5. The van der Waals surface area contributed by atoms with Gasteiger partial charge in [-0.3, -0.25) is 78.4 Å². The third-order valence-electron chi connectivity index (χ3n) is 23.7. The molecular weight excluding hydrogens is 1730 g/mol. The Bertz CT molecular complexity index is 4920. The van der Waals surface area contributed by atoms with E-state index in [4.69, 9.17) is 18.9 Å². The Balaban J connectivity index is 0.000000614. The molecule has 0 unspecified atom stereocenters. The normalized spacial score (nSPS) is 25.8. The molecule has 11 saturated heterocycles. The standard InChI is InChI=1S/C62H72N16O24S4.4C4H12N/c1-59-61(3)75-31-67-49-47-63(51(67)79)29-65-48-50-69(53(65)81)33-77-57(85)73-27-41-42(46(102-20-12-24-106(96,97)98)38-16-8-7-15-37(38)45(41)101-19-11-23-105(93,94)95)28-74-58(86)78(62(77,4)60(73,74)2)34-70(50)54(82)66(48)30-64(47)52(80)68(49)32-76(61)56(84)72(59)26-40-39(25-71(59)55(75)83)43(99-17-9-21-103(87,88)89)35-13-5-6-14-36(35)44(40)100-18-10-22-104(90,91)92;4*1-5(2,3)4/h5-8,13-16,47-50H,9-12,17-34H2,1-4H3,(H,87,88,89)(H,90,91,92)(H,93,94,95)(H,96,97,98);4*1-4H3/q;4*+1/p-4. The van der Waals surface area contributed by atoms with Crippen LogP contribution in [-0.4, -0.2) is 446 Å². The van der Waals surface area contributed by atoms with E-state index in [-0.39, 0.29) is 124 Å². The number of quaternary nitrogens is 4. The fourth-order valence-electron chi connectivity index (χ4n) is 18.6. The second-order valence-corrected chi connectivity index (χ2v) is 45.7. The summed E-state index contributed by atoms with van der Waals surface area (Å²) in [4.78, 5) is 148. The van der Waals surface area contributed by atoms with Gasteiger partial charge in [0.15, 0.2) is 47.3 Å². The van der Waals surface area contributed by atoms with Crippen LogP contribution in [0.4, 0.5) is 38.4 Å². The predicted molar refractivity (Wildman–Crippen MR) is 448 cm³/mol. The lowest BCUT2D eigenvalue weighted by Gasteiger charge is -2.49. The minimum absolute atomic E-state index is 0.134. The summed E-state index contributed by atoms with van der Waals surface area (Å²) in [5.41, 5.74) is -5.90. The molecule has 17 rings (SSSR count). The van der Waals surface area contributed by atoms with Gasteiger partial charge in [-0.05, 0) is 53.4 Å². The van der Waals surface area contributed by atoms with E-state index < -0.39 is 199 Å². The Kier molecular flexibility index (Phi) is 24.0. The first-order valence-electron chi connectivity index (χ1n) is 41.1. The Hall–Kier alpha value is -9.76. The SMILES string of the molecule is CC12N3Cc4c(c(OCCCS(=O)(=O)[O-])c5ccccc5c4OCCCS(=O)(=O)[O-])CN1C(=O)N1CN4C(=O)N5CN6C(=O)N7CN8C(=O)N9Cc%10c(c(OCCCS(=O)(=O)[O-])c%11ccccc%11c%10OCCCS(=O)(=O)[O-])CN%10C(=O)N(CN%11C(=O)N(CN%12C(=O)N(CN(C3=O)C12C)C4C%125)C6C%117)C8(C)C%109C.C[N+](C)(C)C.C[N+](C)(C)C.C[N+](C)(C)C.C[N+](C)(C)C. The summed E-state index contributed by atoms with van der Waals surface area (Å²) in [6.07, 6.45) is -6.29. The molecule has 0 bridgehead atoms. The van der Waals surface area contributed by atoms with Gasteiger partial charge >= 0.3 is 48.2 Å². The van der Waals surface area contributed by atoms with E-state index in [0.29, 0.717) is 21.5 Å². The molecule has 44 nitrogen and oxygen atoms in total. The first kappa shape index (κ1) is 93.9. The monoisotopic (exact) mass is 1840 g/mol. The zero-order chi connectivity index (χ0) is 93.1. The fraction of sp³-hybridized carbons (Fsp3) is 0.641. The molecule has 4 aromatic rings. The van der Waals surface area contributed by atoms with Crippen molar-refractivity contribution in [2.24, 2.45) is 0 Å². The maximum atomic E-state index is 15.9. The molecule has 696 valence electrons. The molecule has 13 heterocycles. The van der Waals surface area contributed by atoms with Crippen LogP contribution in [-0.2, 0) is 66.7 Å². The molecular formula is C78H116N20O24S4. The zero-order valence-corrected chi connectivity index (χ0v) is 78.1. The van der Waals surface area contributed by atoms with Crippen molar-refractivity contribution in [2.75, 3.05) is 202 Å². The van der Waals surface area contributed by atoms with E-state index in [1.54, 1.807) is 76.2 Å². The van der Waals surface area contributed by atoms with E-state index in [1.807, 2.05) is 0 Å². The Morgan fingerprint density at radius 3 is 0.611 bits per heavy atom. The Morgan fingerprint density at radius 2 is 0.444 bits per heavy atom. The smallest absolute Gasteiger partial charge is 0.326 e. The molecule has 0 radical (unpaired) electrons. The molecule has 48 heteroatoms. The topological polar surface area (TPSA) is 454 Å². The molecule has 11 fully saturated rings. The van der Waals surface area contributed by atoms with Crippen molar-refractivity contribution in [2.45, 2.75) is 127 Å². The molecule has 0 N–H and O–H groups in total. The van der Waals surface area contributed by atoms with Crippen molar-refractivity contribution in [3.8, 4) is 23.0 Å². The van der Waals surface area contributed by atoms with E-state index in [0.717, 1.165) is 17.9 Å². The third-order valence-corrected chi connectivity index (χ3v) is 26.9. The van der Waals surface area contributed by atoms with Crippen molar-refractivity contribution >= 4 is 110 Å². The van der Waals surface area contributed by atoms with Crippen LogP contribution in [0.2, 0.25) is 0 Å². The average molecular weight is 1850 g/mol. The van der Waals surface area contributed by atoms with Crippen molar-refractivity contribution < 1.29 is 127 Å². The summed E-state index contributed by atoms with van der Waals surface area (Å²) in [6, 6.07) is 7.33. The molecule has 0 atom stereocenters. The highest BCUT2D eigenvalue weighted by molar-refractivity contribution is 7.86. The number of hydrogen-bond donors (Lipinski definition) is 0. The van der Waals surface area contributed by atoms with Crippen LogP contribution in [0.1, 0.15) is 75.6 Å². The number of benzene rings is 4. The number of amides is 16. The molecule has 0 aromatic heterocycles. The Labute approximate surface area is 734 Å². The van der Waals surface area contributed by atoms with Crippen LogP contribution in [0.15, 0.2) is 48.5 Å². The number of nitrogens with zero attached hydrogens (tertiary/aromatic N) is 20. The average Bonchev–Trinajstić information content (AvgIpc) is 1.49. The summed E-state index contributed by atoms with van der Waals surface area (Å²) in [7, 11) is 15.3. The maximum absolute atomic E-state index is 15.9. The van der Waals surface area contributed by atoms with Gasteiger partial charge in [-0.25, -0.2) is 72.0 Å². The first-order chi connectivity index (χ1) is 57.9. The second kappa shape index (κ2) is 32.2. The van der Waals surface area contributed by atoms with Crippen LogP contribution in [0.5, 0.6) is 23.0 Å². The largest absolute Gasteiger partial charge is 0.748 e. The van der Waals surface area contributed by atoms with E-state index in [9.17, 15) is 51.9 Å². The number of carbonyl (C=O) groups is 8. The predicted octanol–water partition coefficient (Wildman–Crippen LogP) is 2.12. The Morgan fingerprint density at radius 1 is 0.286 bits per heavy atom. The van der Waals surface area contributed by atoms with Gasteiger partial charge < -0.3 is 55.1 Å². The molecule has 13 aliphatic rings. The minimum Gasteiger partial charge on any atom is -0.748 e. The van der Waals surface area contributed by atoms with E-state index in [2.05, 4.69) is 113 Å². The summed E-state index contributed by atoms with van der Waals surface area (Å²) >= 11 is 0. The quantitative estimate of drug-likeness (QED) is 0.0694. The molecule has 13 aliphatic heterocycles. The molecule has 16 amide bonds. The number of carbonyl (C=O) groups excluding carboxylic acids is 8. The lowest BCUT2D eigenvalue weighted by atomic mass is 9.95. The highest BCUT2D eigenvalue weighted by atomic mass is 32.2. The van der Waals surface area contributed by atoms with Crippen molar-refractivity contribution in [3.05, 3.63) is 70.8 Å². The van der Waals surface area contributed by atoms with Crippen molar-refractivity contribution in [1.82, 2.24) is 78.4 Å². The highest BCUT2D eigenvalue weighted by Crippen LogP contribution is 2.61. The summed E-state index contributed by atoms with van der Waals surface area (Å²) in [5, 5.41) is 1.53. The van der Waals surface area contributed by atoms with Crippen LogP contribution >= 0.6 is 0 Å². The highest BCUT2D eigenvalue weighted by Gasteiger charge is 2.80. The van der Waals surface area contributed by atoms with Crippen LogP contribution in [0.25, 0.3) is 21.5 Å². The zero-order valence-electron chi connectivity index (χ0n) is 74.9.